The number of nitrogens with one attached hydrogen (secondary N) is 1. The first-order valence-corrected chi connectivity index (χ1v) is 12.7. The van der Waals surface area contributed by atoms with Gasteiger partial charge >= 0.3 is 0 Å². The maximum Gasteiger partial charge on any atom is 0.226 e. The fourth-order valence-electron chi connectivity index (χ4n) is 4.66. The van der Waals surface area contributed by atoms with E-state index in [2.05, 4.69) is 22.9 Å². The Morgan fingerprint density at radius 2 is 1.90 bits per heavy atom. The first kappa shape index (κ1) is 21.8. The quantitative estimate of drug-likeness (QED) is 0.744. The number of benzene rings is 2. The Balaban J connectivity index is 1.45. The van der Waals surface area contributed by atoms with E-state index in [1.165, 1.54) is 11.8 Å². The number of rotatable bonds is 6. The van der Waals surface area contributed by atoms with E-state index in [-0.39, 0.29) is 23.8 Å². The monoisotopic (exact) mass is 442 g/mol. The van der Waals surface area contributed by atoms with Crippen LogP contribution in [0, 0.1) is 5.92 Å². The average molecular weight is 443 g/mol. The lowest BCUT2D eigenvalue weighted by Gasteiger charge is -2.21. The molecule has 4 rings (SSSR count). The molecule has 2 aromatic rings. The van der Waals surface area contributed by atoms with Gasteiger partial charge < -0.3 is 9.64 Å². The first-order valence-electron chi connectivity index (χ1n) is 10.8. The summed E-state index contributed by atoms with van der Waals surface area (Å²) in [4.78, 5) is 15.1. The van der Waals surface area contributed by atoms with Crippen molar-refractivity contribution in [3.8, 4) is 16.9 Å². The Labute approximate surface area is 184 Å². The summed E-state index contributed by atoms with van der Waals surface area (Å²) in [6.45, 7) is 1.30. The van der Waals surface area contributed by atoms with E-state index in [0.717, 1.165) is 36.1 Å². The number of methoxy groups -OCH3 is 1. The zero-order valence-corrected chi connectivity index (χ0v) is 18.9. The Morgan fingerprint density at radius 1 is 1.10 bits per heavy atom. The third kappa shape index (κ3) is 5.28. The van der Waals surface area contributed by atoms with Gasteiger partial charge in [0, 0.05) is 25.0 Å². The molecule has 7 heteroatoms. The zero-order chi connectivity index (χ0) is 22.0. The molecule has 3 atom stereocenters. The highest BCUT2D eigenvalue weighted by molar-refractivity contribution is 7.88. The average Bonchev–Trinajstić information content (AvgIpc) is 3.57. The van der Waals surface area contributed by atoms with Crippen LogP contribution >= 0.6 is 0 Å². The number of carbonyl (C=O) groups is 1. The highest BCUT2D eigenvalue weighted by atomic mass is 32.2. The maximum atomic E-state index is 13.2. The number of likely N-dealkylation sites (tertiary alicyclic amines) is 1. The summed E-state index contributed by atoms with van der Waals surface area (Å²) in [7, 11) is -1.56. The van der Waals surface area contributed by atoms with Crippen LogP contribution in [0.5, 0.6) is 5.75 Å². The lowest BCUT2D eigenvalue weighted by atomic mass is 9.95. The van der Waals surface area contributed by atoms with Crippen molar-refractivity contribution in [2.75, 3.05) is 26.5 Å². The van der Waals surface area contributed by atoms with E-state index >= 15 is 0 Å². The van der Waals surface area contributed by atoms with E-state index < -0.39 is 10.0 Å². The van der Waals surface area contributed by atoms with Crippen molar-refractivity contribution in [1.29, 1.82) is 0 Å². The number of amides is 1. The van der Waals surface area contributed by atoms with Crippen LogP contribution in [0.4, 0.5) is 0 Å². The molecule has 1 N–H and O–H groups in total. The minimum absolute atomic E-state index is 0.00572. The lowest BCUT2D eigenvalue weighted by molar-refractivity contribution is -0.132. The minimum Gasteiger partial charge on any atom is -0.497 e. The van der Waals surface area contributed by atoms with Crippen molar-refractivity contribution in [3.05, 3.63) is 54.1 Å². The first-order chi connectivity index (χ1) is 14.9. The van der Waals surface area contributed by atoms with Crippen LogP contribution in [0.25, 0.3) is 11.1 Å². The molecular weight excluding hydrogens is 412 g/mol. The molecule has 1 saturated heterocycles. The molecule has 1 saturated carbocycles. The third-order valence-corrected chi connectivity index (χ3v) is 7.03. The zero-order valence-electron chi connectivity index (χ0n) is 18.1. The second-order valence-corrected chi connectivity index (χ2v) is 10.4. The molecular formula is C24H30N2O4S. The fourth-order valence-corrected chi connectivity index (χ4v) is 5.50. The molecule has 0 spiro atoms. The van der Waals surface area contributed by atoms with Gasteiger partial charge in [-0.15, -0.1) is 0 Å². The summed E-state index contributed by atoms with van der Waals surface area (Å²) in [5.74, 6) is 1.25. The van der Waals surface area contributed by atoms with Crippen LogP contribution in [0.2, 0.25) is 0 Å². The van der Waals surface area contributed by atoms with Crippen LogP contribution in [0.15, 0.2) is 48.5 Å². The number of nitrogens with zero attached hydrogens (tertiary/aromatic N) is 1. The van der Waals surface area contributed by atoms with Gasteiger partial charge in [0.05, 0.1) is 13.4 Å². The van der Waals surface area contributed by atoms with E-state index in [9.17, 15) is 13.2 Å². The van der Waals surface area contributed by atoms with Gasteiger partial charge in [0.2, 0.25) is 15.9 Å². The molecule has 0 radical (unpaired) electrons. The lowest BCUT2D eigenvalue weighted by Crippen LogP contribution is -2.36. The van der Waals surface area contributed by atoms with Crippen molar-refractivity contribution >= 4 is 15.9 Å². The Morgan fingerprint density at radius 3 is 2.68 bits per heavy atom. The second-order valence-electron chi connectivity index (χ2n) is 8.61. The Kier molecular flexibility index (Phi) is 6.34. The van der Waals surface area contributed by atoms with Crippen molar-refractivity contribution in [2.45, 2.75) is 37.6 Å². The van der Waals surface area contributed by atoms with Gasteiger partial charge in [-0.2, -0.15) is 0 Å². The normalized spacial score (nSPS) is 23.8. The van der Waals surface area contributed by atoms with Gasteiger partial charge in [0.15, 0.2) is 0 Å². The standard InChI is InChI=1S/C24H30N2O4S/c1-30-19-9-5-7-17(15-19)20-10-3-4-11-21(20)22-16-23(22)24(27)26-13-6-8-18(12-14-26)25-31(2,28)29/h3-5,7,9-11,15,18,22-23,25H,6,8,12-14,16H2,1-2H3. The highest BCUT2D eigenvalue weighted by Gasteiger charge is 2.46. The predicted molar refractivity (Wildman–Crippen MR) is 121 cm³/mol. The molecule has 1 amide bonds. The number of sulfonamides is 1. The van der Waals surface area contributed by atoms with Crippen molar-refractivity contribution in [2.24, 2.45) is 5.92 Å². The topological polar surface area (TPSA) is 75.7 Å². The number of ether oxygens (including phenoxy) is 1. The fraction of sp³-hybridized carbons (Fsp3) is 0.458. The van der Waals surface area contributed by atoms with Crippen molar-refractivity contribution < 1.29 is 17.9 Å². The third-order valence-electron chi connectivity index (χ3n) is 6.27. The number of hydrogen-bond acceptors (Lipinski definition) is 4. The molecule has 166 valence electrons. The summed E-state index contributed by atoms with van der Waals surface area (Å²) >= 11 is 0. The van der Waals surface area contributed by atoms with Gasteiger partial charge in [-0.3, -0.25) is 4.79 Å². The summed E-state index contributed by atoms with van der Waals surface area (Å²) in [6.07, 6.45) is 4.30. The van der Waals surface area contributed by atoms with Crippen molar-refractivity contribution in [3.63, 3.8) is 0 Å². The van der Waals surface area contributed by atoms with Crippen LogP contribution in [0.3, 0.4) is 0 Å². The number of hydrogen-bond donors (Lipinski definition) is 1. The highest BCUT2D eigenvalue weighted by Crippen LogP contribution is 2.51. The SMILES string of the molecule is COc1cccc(-c2ccccc2C2CC2C(=O)N2CCCC(NS(C)(=O)=O)CC2)c1. The molecule has 1 aliphatic carbocycles. The Bertz CT molecular complexity index is 1050. The van der Waals surface area contributed by atoms with Gasteiger partial charge in [0.25, 0.3) is 0 Å². The van der Waals surface area contributed by atoms with Crippen LogP contribution in [0.1, 0.15) is 37.2 Å². The number of carbonyl (C=O) groups excluding carboxylic acids is 1. The van der Waals surface area contributed by atoms with Gasteiger partial charge in [-0.25, -0.2) is 13.1 Å². The van der Waals surface area contributed by atoms with E-state index in [4.69, 9.17) is 4.74 Å². The predicted octanol–water partition coefficient (Wildman–Crippen LogP) is 3.40. The molecule has 6 nitrogen and oxygen atoms in total. The van der Waals surface area contributed by atoms with Crippen LogP contribution in [-0.4, -0.2) is 51.7 Å². The summed E-state index contributed by atoms with van der Waals surface area (Å²) in [6, 6.07) is 16.2. The smallest absolute Gasteiger partial charge is 0.226 e. The summed E-state index contributed by atoms with van der Waals surface area (Å²) < 4.78 is 31.1. The molecule has 31 heavy (non-hydrogen) atoms. The molecule has 1 aliphatic heterocycles. The molecule has 0 bridgehead atoms. The largest absolute Gasteiger partial charge is 0.497 e. The van der Waals surface area contributed by atoms with Crippen LogP contribution in [-0.2, 0) is 14.8 Å². The van der Waals surface area contributed by atoms with Crippen molar-refractivity contribution in [1.82, 2.24) is 9.62 Å². The second kappa shape index (κ2) is 9.01. The molecule has 0 aromatic heterocycles. The van der Waals surface area contributed by atoms with Gasteiger partial charge in [-0.05, 0) is 60.4 Å². The summed E-state index contributed by atoms with van der Waals surface area (Å²) in [5.41, 5.74) is 3.45. The van der Waals surface area contributed by atoms with E-state index in [1.807, 2.05) is 35.2 Å². The molecule has 1 heterocycles. The minimum atomic E-state index is -3.23. The maximum absolute atomic E-state index is 13.2. The van der Waals surface area contributed by atoms with Gasteiger partial charge in [0.1, 0.15) is 5.75 Å². The molecule has 3 unspecified atom stereocenters. The van der Waals surface area contributed by atoms with E-state index in [1.54, 1.807) is 7.11 Å². The molecule has 2 aliphatic rings. The summed E-state index contributed by atoms with van der Waals surface area (Å²) in [5, 5.41) is 0. The Hall–Kier alpha value is -2.38. The molecule has 2 aromatic carbocycles. The van der Waals surface area contributed by atoms with E-state index in [0.29, 0.717) is 19.5 Å². The molecule has 2 fully saturated rings. The van der Waals surface area contributed by atoms with Crippen LogP contribution < -0.4 is 9.46 Å². The van der Waals surface area contributed by atoms with Gasteiger partial charge in [-0.1, -0.05) is 36.4 Å².